The summed E-state index contributed by atoms with van der Waals surface area (Å²) in [5, 5.41) is 0.602. The first kappa shape index (κ1) is 13.6. The lowest BCUT2D eigenvalue weighted by Gasteiger charge is -2.04. The monoisotopic (exact) mass is 279 g/mol. The van der Waals surface area contributed by atoms with Crippen LogP contribution in [-0.4, -0.2) is 19.9 Å². The third-order valence-corrected chi connectivity index (χ3v) is 4.20. The fourth-order valence-corrected chi connectivity index (χ4v) is 2.90. The van der Waals surface area contributed by atoms with E-state index in [1.807, 2.05) is 19.9 Å². The zero-order valence-electron chi connectivity index (χ0n) is 10.9. The molecule has 0 radical (unpaired) electrons. The summed E-state index contributed by atoms with van der Waals surface area (Å²) in [4.78, 5) is 3.15. The molecule has 102 valence electrons. The maximum Gasteiger partial charge on any atom is 0.242 e. The molecule has 0 bridgehead atoms. The quantitative estimate of drug-likeness (QED) is 0.591. The molecule has 6 heteroatoms. The summed E-state index contributed by atoms with van der Waals surface area (Å²) >= 11 is 0. The lowest BCUT2D eigenvalue weighted by Crippen LogP contribution is -2.23. The molecule has 2 rings (SSSR count). The number of sulfonamides is 1. The first-order chi connectivity index (χ1) is 8.90. The summed E-state index contributed by atoms with van der Waals surface area (Å²) in [6, 6.07) is 5.15. The molecule has 0 aliphatic rings. The van der Waals surface area contributed by atoms with Crippen molar-refractivity contribution in [2.75, 3.05) is 12.3 Å². The highest BCUT2D eigenvalue weighted by Gasteiger charge is 2.18. The van der Waals surface area contributed by atoms with Crippen LogP contribution in [0, 0.1) is 0 Å². The second-order valence-corrected chi connectivity index (χ2v) is 6.33. The van der Waals surface area contributed by atoms with Crippen molar-refractivity contribution in [3.8, 4) is 0 Å². The molecule has 0 saturated carbocycles. The van der Waals surface area contributed by atoms with E-state index in [-0.39, 0.29) is 11.4 Å². The maximum absolute atomic E-state index is 12.2. The molecule has 1 aromatic heterocycles. The van der Waals surface area contributed by atoms with Crippen LogP contribution in [0.4, 0.5) is 5.69 Å². The van der Waals surface area contributed by atoms with E-state index in [1.165, 1.54) is 6.20 Å². The van der Waals surface area contributed by atoms with Gasteiger partial charge in [-0.15, -0.1) is 0 Å². The minimum absolute atomic E-state index is 0.219. The molecule has 0 amide bonds. The van der Waals surface area contributed by atoms with Crippen LogP contribution in [0.25, 0.3) is 10.9 Å². The van der Waals surface area contributed by atoms with Gasteiger partial charge in [0, 0.05) is 29.3 Å². The van der Waals surface area contributed by atoms with Crippen LogP contribution >= 0.6 is 0 Å². The van der Waals surface area contributed by atoms with Crippen LogP contribution < -0.4 is 10.5 Å². The molecule has 1 aromatic carbocycles. The van der Waals surface area contributed by atoms with Gasteiger partial charge in [0.05, 0.1) is 0 Å². The average molecular weight is 279 g/mol. The second-order valence-electron chi connectivity index (χ2n) is 4.59. The van der Waals surface area contributed by atoms with Crippen LogP contribution in [0.2, 0.25) is 0 Å². The fraction of sp³-hybridized carbons (Fsp3) is 0.231. The van der Waals surface area contributed by atoms with Gasteiger partial charge in [-0.25, -0.2) is 13.1 Å². The Hall–Kier alpha value is -1.79. The van der Waals surface area contributed by atoms with Crippen LogP contribution in [0.3, 0.4) is 0 Å². The molecule has 0 atom stereocenters. The van der Waals surface area contributed by atoms with Gasteiger partial charge < -0.3 is 10.7 Å². The minimum atomic E-state index is -3.54. The van der Waals surface area contributed by atoms with Gasteiger partial charge in [0.1, 0.15) is 4.90 Å². The molecule has 4 N–H and O–H groups in total. The van der Waals surface area contributed by atoms with E-state index in [0.29, 0.717) is 11.1 Å². The molecule has 1 heterocycles. The first-order valence-corrected chi connectivity index (χ1v) is 7.38. The van der Waals surface area contributed by atoms with Crippen molar-refractivity contribution in [3.63, 3.8) is 0 Å². The van der Waals surface area contributed by atoms with E-state index in [9.17, 15) is 8.42 Å². The Balaban J connectivity index is 2.38. The van der Waals surface area contributed by atoms with Gasteiger partial charge in [0.25, 0.3) is 0 Å². The summed E-state index contributed by atoms with van der Waals surface area (Å²) in [6.07, 6.45) is 3.30. The van der Waals surface area contributed by atoms with E-state index in [1.54, 1.807) is 18.2 Å². The van der Waals surface area contributed by atoms with Crippen molar-refractivity contribution >= 4 is 26.6 Å². The van der Waals surface area contributed by atoms with Gasteiger partial charge in [0.2, 0.25) is 10.0 Å². The summed E-state index contributed by atoms with van der Waals surface area (Å²) in [5.41, 5.74) is 8.04. The number of hydrogen-bond donors (Lipinski definition) is 3. The summed E-state index contributed by atoms with van der Waals surface area (Å²) in [7, 11) is -3.54. The number of nitrogens with two attached hydrogens (primary N) is 1. The Kier molecular flexibility index (Phi) is 3.64. The summed E-state index contributed by atoms with van der Waals surface area (Å²) < 4.78 is 26.9. The van der Waals surface area contributed by atoms with Crippen molar-refractivity contribution in [3.05, 3.63) is 36.0 Å². The molecule has 0 aliphatic heterocycles. The molecule has 0 spiro atoms. The molecule has 0 fully saturated rings. The predicted molar refractivity (Wildman–Crippen MR) is 77.3 cm³/mol. The number of hydrogen-bond acceptors (Lipinski definition) is 3. The van der Waals surface area contributed by atoms with E-state index < -0.39 is 10.0 Å². The van der Waals surface area contributed by atoms with E-state index in [0.717, 1.165) is 11.1 Å². The van der Waals surface area contributed by atoms with E-state index in [4.69, 9.17) is 5.73 Å². The van der Waals surface area contributed by atoms with Gasteiger partial charge in [0.15, 0.2) is 0 Å². The topological polar surface area (TPSA) is 88.0 Å². The highest BCUT2D eigenvalue weighted by molar-refractivity contribution is 7.89. The largest absolute Gasteiger partial charge is 0.399 e. The van der Waals surface area contributed by atoms with Crippen LogP contribution in [0.5, 0.6) is 0 Å². The number of anilines is 1. The Labute approximate surface area is 112 Å². The van der Waals surface area contributed by atoms with E-state index in [2.05, 4.69) is 9.71 Å². The van der Waals surface area contributed by atoms with Crippen LogP contribution in [0.15, 0.2) is 40.9 Å². The second kappa shape index (κ2) is 5.07. The lowest BCUT2D eigenvalue weighted by atomic mass is 10.2. The lowest BCUT2D eigenvalue weighted by molar-refractivity contribution is 0.586. The third-order valence-electron chi connectivity index (χ3n) is 2.74. The molecule has 0 saturated heterocycles. The van der Waals surface area contributed by atoms with Gasteiger partial charge in [-0.05, 0) is 32.0 Å². The molecule has 0 unspecified atom stereocenters. The number of aromatic nitrogens is 1. The number of nitrogens with one attached hydrogen (secondary N) is 2. The van der Waals surface area contributed by atoms with Crippen molar-refractivity contribution in [1.82, 2.24) is 9.71 Å². The Morgan fingerprint density at radius 2 is 2.16 bits per heavy atom. The number of allylic oxidation sites excluding steroid dienone is 1. The minimum Gasteiger partial charge on any atom is -0.399 e. The number of H-pyrrole nitrogens is 1. The van der Waals surface area contributed by atoms with E-state index >= 15 is 0 Å². The van der Waals surface area contributed by atoms with Gasteiger partial charge >= 0.3 is 0 Å². The number of nitrogen functional groups attached to an aromatic ring is 1. The highest BCUT2D eigenvalue weighted by atomic mass is 32.2. The number of rotatable bonds is 4. The Morgan fingerprint density at radius 1 is 1.42 bits per heavy atom. The van der Waals surface area contributed by atoms with Crippen LogP contribution in [0.1, 0.15) is 13.8 Å². The normalized spacial score (nSPS) is 11.7. The molecule has 5 nitrogen and oxygen atoms in total. The molecular formula is C13H17N3O2S. The zero-order chi connectivity index (χ0) is 14.0. The fourth-order valence-electron chi connectivity index (χ4n) is 1.77. The highest BCUT2D eigenvalue weighted by Crippen LogP contribution is 2.24. The van der Waals surface area contributed by atoms with Crippen molar-refractivity contribution in [2.45, 2.75) is 18.7 Å². The third kappa shape index (κ3) is 2.97. The Morgan fingerprint density at radius 3 is 2.84 bits per heavy atom. The van der Waals surface area contributed by atoms with Gasteiger partial charge in [-0.1, -0.05) is 11.6 Å². The van der Waals surface area contributed by atoms with Crippen molar-refractivity contribution in [2.24, 2.45) is 0 Å². The SMILES string of the molecule is CC(C)=CCNS(=O)(=O)c1c[nH]c2ccc(N)cc12. The molecular weight excluding hydrogens is 262 g/mol. The standard InChI is InChI=1S/C13H17N3O2S/c1-9(2)5-6-16-19(17,18)13-8-15-12-4-3-10(14)7-11(12)13/h3-5,7-8,15-16H,6,14H2,1-2H3. The predicted octanol–water partition coefficient (Wildman–Crippen LogP) is 1.99. The zero-order valence-corrected chi connectivity index (χ0v) is 11.7. The summed E-state index contributed by atoms with van der Waals surface area (Å²) in [5.74, 6) is 0. The smallest absolute Gasteiger partial charge is 0.242 e. The van der Waals surface area contributed by atoms with Crippen molar-refractivity contribution in [1.29, 1.82) is 0 Å². The van der Waals surface area contributed by atoms with Crippen LogP contribution in [-0.2, 0) is 10.0 Å². The van der Waals surface area contributed by atoms with Crippen molar-refractivity contribution < 1.29 is 8.42 Å². The number of fused-ring (bicyclic) bond motifs is 1. The van der Waals surface area contributed by atoms with Gasteiger partial charge in [-0.2, -0.15) is 0 Å². The number of aromatic amines is 1. The molecule has 0 aliphatic carbocycles. The molecule has 19 heavy (non-hydrogen) atoms. The maximum atomic E-state index is 12.2. The average Bonchev–Trinajstić information content (AvgIpc) is 2.71. The number of benzene rings is 1. The summed E-state index contributed by atoms with van der Waals surface area (Å²) in [6.45, 7) is 4.11. The first-order valence-electron chi connectivity index (χ1n) is 5.90. The Bertz CT molecular complexity index is 725. The molecule has 2 aromatic rings. The van der Waals surface area contributed by atoms with Gasteiger partial charge in [-0.3, -0.25) is 0 Å².